The summed E-state index contributed by atoms with van der Waals surface area (Å²) in [7, 11) is 0. The molecule has 0 spiro atoms. The summed E-state index contributed by atoms with van der Waals surface area (Å²) in [5.74, 6) is 0. The number of rotatable bonds is 6. The topological polar surface area (TPSA) is 34.3 Å². The summed E-state index contributed by atoms with van der Waals surface area (Å²) < 4.78 is 77.1. The predicted octanol–water partition coefficient (Wildman–Crippen LogP) is 6.42. The number of aliphatic hydroxyl groups is 1. The molecule has 0 aromatic heterocycles. The van der Waals surface area contributed by atoms with Gasteiger partial charge in [-0.15, -0.1) is 13.1 Å². The monoisotopic (exact) mass is 444 g/mol. The highest BCUT2D eigenvalue weighted by Crippen LogP contribution is 2.49. The van der Waals surface area contributed by atoms with Gasteiger partial charge in [0.2, 0.25) is 0 Å². The molecule has 2 aromatic rings. The predicted molar refractivity (Wildman–Crippen MR) is 94.5 cm³/mol. The summed E-state index contributed by atoms with van der Waals surface area (Å²) in [4.78, 5) is 0. The molecule has 154 valence electrons. The van der Waals surface area contributed by atoms with Gasteiger partial charge in [-0.25, -0.2) is 0 Å². The molecule has 0 fully saturated rings. The van der Waals surface area contributed by atoms with Crippen LogP contribution in [0.15, 0.2) is 42.5 Å². The molecule has 0 aliphatic heterocycles. The lowest BCUT2D eigenvalue weighted by atomic mass is 9.91. The van der Waals surface area contributed by atoms with Gasteiger partial charge in [0.25, 0.3) is 5.60 Å². The molecule has 0 saturated carbocycles. The van der Waals surface area contributed by atoms with Gasteiger partial charge in [-0.05, 0) is 24.1 Å². The minimum absolute atomic E-state index is 0.0953. The lowest BCUT2D eigenvalue weighted by molar-refractivity contribution is -0.376. The van der Waals surface area contributed by atoms with Crippen molar-refractivity contribution in [2.45, 2.75) is 30.9 Å². The molecule has 0 aliphatic rings. The van der Waals surface area contributed by atoms with Crippen LogP contribution in [-0.4, -0.2) is 24.0 Å². The number of hydrogen-bond acceptors (Lipinski definition) is 1. The first-order chi connectivity index (χ1) is 12.9. The zero-order valence-corrected chi connectivity index (χ0v) is 15.6. The Hall–Kier alpha value is -1.48. The number of hydrogen-bond donors (Lipinski definition) is 1. The van der Waals surface area contributed by atoms with Crippen LogP contribution in [0.3, 0.4) is 0 Å². The lowest BCUT2D eigenvalue weighted by Gasteiger charge is -2.32. The molecule has 0 atom stereocenters. The summed E-state index contributed by atoms with van der Waals surface area (Å²) in [6.07, 6.45) is -11.3. The first-order valence-electron chi connectivity index (χ1n) is 7.88. The second-order valence-electron chi connectivity index (χ2n) is 6.01. The standard InChI is InChI=1S/C18H14Cl2F6NO/c19-14-6-3-11(9-15(14)20)7-8-27-10-12-1-4-13(5-2-12)16(28,17(21,22)23)18(24,25)26/h1-6,9,28H,7-8,10H2/q-1. The molecule has 28 heavy (non-hydrogen) atoms. The van der Waals surface area contributed by atoms with Crippen molar-refractivity contribution in [3.05, 3.63) is 74.5 Å². The van der Waals surface area contributed by atoms with Crippen molar-refractivity contribution in [3.63, 3.8) is 0 Å². The molecule has 2 rings (SSSR count). The highest BCUT2D eigenvalue weighted by Gasteiger charge is 2.71. The highest BCUT2D eigenvalue weighted by atomic mass is 35.5. The summed E-state index contributed by atoms with van der Waals surface area (Å²) in [5.41, 5.74) is -4.94. The van der Waals surface area contributed by atoms with E-state index in [1.165, 1.54) is 0 Å². The quantitative estimate of drug-likeness (QED) is 0.404. The fourth-order valence-corrected chi connectivity index (χ4v) is 2.77. The van der Waals surface area contributed by atoms with E-state index in [0.717, 1.165) is 17.7 Å². The molecule has 0 heterocycles. The Morgan fingerprint density at radius 3 is 1.82 bits per heavy atom. The molecule has 0 saturated heterocycles. The molecule has 0 unspecified atom stereocenters. The van der Waals surface area contributed by atoms with Gasteiger partial charge in [0.1, 0.15) is 0 Å². The normalized spacial score (nSPS) is 13.0. The highest BCUT2D eigenvalue weighted by molar-refractivity contribution is 6.42. The van der Waals surface area contributed by atoms with Crippen molar-refractivity contribution in [1.82, 2.24) is 0 Å². The van der Waals surface area contributed by atoms with Crippen LogP contribution in [0.4, 0.5) is 26.3 Å². The Labute approximate surface area is 167 Å². The summed E-state index contributed by atoms with van der Waals surface area (Å²) in [6, 6.07) is 8.44. The first-order valence-corrected chi connectivity index (χ1v) is 8.64. The smallest absolute Gasteiger partial charge is 0.430 e. The van der Waals surface area contributed by atoms with E-state index in [9.17, 15) is 31.4 Å². The largest absolute Gasteiger partial charge is 0.658 e. The van der Waals surface area contributed by atoms with Crippen molar-refractivity contribution < 1.29 is 31.4 Å². The van der Waals surface area contributed by atoms with Crippen LogP contribution in [0, 0.1) is 0 Å². The molecule has 10 heteroatoms. The SMILES string of the molecule is OC(c1ccc(C[N-]CCc2ccc(Cl)c(Cl)c2)cc1)(C(F)(F)F)C(F)(F)F. The van der Waals surface area contributed by atoms with Gasteiger partial charge in [0, 0.05) is 5.56 Å². The van der Waals surface area contributed by atoms with E-state index in [1.54, 1.807) is 18.2 Å². The summed E-state index contributed by atoms with van der Waals surface area (Å²) in [5, 5.41) is 14.3. The number of alkyl halides is 6. The lowest BCUT2D eigenvalue weighted by Crippen LogP contribution is -2.53. The molecular weight excluding hydrogens is 431 g/mol. The maximum Gasteiger partial charge on any atom is 0.430 e. The van der Waals surface area contributed by atoms with E-state index in [2.05, 4.69) is 5.32 Å². The molecule has 1 N–H and O–H groups in total. The van der Waals surface area contributed by atoms with Crippen LogP contribution < -0.4 is 0 Å². The Morgan fingerprint density at radius 2 is 1.32 bits per heavy atom. The van der Waals surface area contributed by atoms with Crippen molar-refractivity contribution in [3.8, 4) is 0 Å². The third-order valence-corrected chi connectivity index (χ3v) is 4.77. The Morgan fingerprint density at radius 1 is 0.786 bits per heavy atom. The van der Waals surface area contributed by atoms with E-state index in [-0.39, 0.29) is 6.54 Å². The van der Waals surface area contributed by atoms with Crippen molar-refractivity contribution in [2.75, 3.05) is 6.54 Å². The van der Waals surface area contributed by atoms with E-state index < -0.39 is 23.5 Å². The molecular formula is C18H14Cl2F6NO-. The van der Waals surface area contributed by atoms with Crippen LogP contribution >= 0.6 is 23.2 Å². The van der Waals surface area contributed by atoms with Gasteiger partial charge in [-0.3, -0.25) is 0 Å². The fourth-order valence-electron chi connectivity index (χ4n) is 2.45. The van der Waals surface area contributed by atoms with Crippen molar-refractivity contribution in [2.24, 2.45) is 0 Å². The van der Waals surface area contributed by atoms with Gasteiger partial charge < -0.3 is 10.4 Å². The van der Waals surface area contributed by atoms with Crippen LogP contribution in [0.2, 0.25) is 10.0 Å². The maximum absolute atomic E-state index is 12.8. The van der Waals surface area contributed by atoms with E-state index in [4.69, 9.17) is 23.2 Å². The van der Waals surface area contributed by atoms with Crippen LogP contribution in [0.1, 0.15) is 16.7 Å². The number of nitrogens with zero attached hydrogens (tertiary/aromatic N) is 1. The fraction of sp³-hybridized carbons (Fsp3) is 0.333. The second kappa shape index (κ2) is 8.49. The van der Waals surface area contributed by atoms with Gasteiger partial charge >= 0.3 is 12.4 Å². The third kappa shape index (κ3) is 4.92. The minimum Gasteiger partial charge on any atom is -0.658 e. The molecule has 0 radical (unpaired) electrons. The van der Waals surface area contributed by atoms with Gasteiger partial charge in [-0.1, -0.05) is 59.1 Å². The number of benzene rings is 2. The van der Waals surface area contributed by atoms with Gasteiger partial charge in [0.15, 0.2) is 0 Å². The maximum atomic E-state index is 12.8. The average Bonchev–Trinajstić information content (AvgIpc) is 2.59. The minimum atomic E-state index is -5.91. The molecule has 2 aromatic carbocycles. The summed E-state index contributed by atoms with van der Waals surface area (Å²) in [6.45, 7) is 0.465. The molecule has 0 bridgehead atoms. The Bertz CT molecular complexity index is 791. The Balaban J connectivity index is 1.99. The van der Waals surface area contributed by atoms with Crippen molar-refractivity contribution >= 4 is 23.2 Å². The van der Waals surface area contributed by atoms with Crippen LogP contribution in [0.5, 0.6) is 0 Å². The molecule has 0 aliphatic carbocycles. The average molecular weight is 445 g/mol. The number of halogens is 8. The molecule has 0 amide bonds. The van der Waals surface area contributed by atoms with Crippen LogP contribution in [0.25, 0.3) is 5.32 Å². The zero-order chi connectivity index (χ0) is 21.2. The molecule has 2 nitrogen and oxygen atoms in total. The first kappa shape index (κ1) is 22.8. The Kier molecular flexibility index (Phi) is 6.91. The van der Waals surface area contributed by atoms with Crippen molar-refractivity contribution in [1.29, 1.82) is 0 Å². The van der Waals surface area contributed by atoms with E-state index in [0.29, 0.717) is 40.7 Å². The van der Waals surface area contributed by atoms with Crippen LogP contribution in [-0.2, 0) is 18.6 Å². The van der Waals surface area contributed by atoms with Gasteiger partial charge in [0.05, 0.1) is 10.0 Å². The van der Waals surface area contributed by atoms with E-state index in [1.807, 2.05) is 0 Å². The summed E-state index contributed by atoms with van der Waals surface area (Å²) >= 11 is 11.7. The zero-order valence-electron chi connectivity index (χ0n) is 14.1. The van der Waals surface area contributed by atoms with E-state index >= 15 is 0 Å². The van der Waals surface area contributed by atoms with Gasteiger partial charge in [-0.2, -0.15) is 26.3 Å². The third-order valence-electron chi connectivity index (χ3n) is 4.03. The second-order valence-corrected chi connectivity index (χ2v) is 6.82.